The first kappa shape index (κ1) is 22.5. The minimum absolute atomic E-state index is 0.105. The first-order chi connectivity index (χ1) is 15.4. The number of amides is 3. The molecule has 2 heterocycles. The van der Waals surface area contributed by atoms with E-state index in [2.05, 4.69) is 17.6 Å². The van der Waals surface area contributed by atoms with Gasteiger partial charge in [-0.25, -0.2) is 9.78 Å². The van der Waals surface area contributed by atoms with Gasteiger partial charge in [-0.3, -0.25) is 19.5 Å². The number of thioether (sulfide) groups is 1. The molecule has 0 unspecified atom stereocenters. The maximum Gasteiger partial charge on any atom is 0.321 e. The molecule has 0 bridgehead atoms. The van der Waals surface area contributed by atoms with Gasteiger partial charge in [-0.2, -0.15) is 0 Å². The Kier molecular flexibility index (Phi) is 6.66. The fourth-order valence-electron chi connectivity index (χ4n) is 3.88. The lowest BCUT2D eigenvalue weighted by Gasteiger charge is -2.18. The van der Waals surface area contributed by atoms with Crippen molar-refractivity contribution in [3.05, 3.63) is 51.1 Å². The zero-order valence-corrected chi connectivity index (χ0v) is 19.9. The Morgan fingerprint density at radius 1 is 1.31 bits per heavy atom. The number of urea groups is 1. The lowest BCUT2D eigenvalue weighted by molar-refractivity contribution is -0.119. The molecule has 0 saturated heterocycles. The van der Waals surface area contributed by atoms with E-state index in [1.807, 2.05) is 30.3 Å². The Morgan fingerprint density at radius 2 is 2.06 bits per heavy atom. The van der Waals surface area contributed by atoms with Crippen LogP contribution in [0.5, 0.6) is 0 Å². The normalized spacial score (nSPS) is 16.4. The van der Waals surface area contributed by atoms with E-state index in [9.17, 15) is 14.4 Å². The minimum atomic E-state index is -0.619. The summed E-state index contributed by atoms with van der Waals surface area (Å²) in [7, 11) is 0. The number of para-hydroxylation sites is 1. The number of aromatic nitrogens is 2. The van der Waals surface area contributed by atoms with Crippen LogP contribution in [0.3, 0.4) is 0 Å². The summed E-state index contributed by atoms with van der Waals surface area (Å²) in [5, 5.41) is 5.40. The zero-order chi connectivity index (χ0) is 22.8. The summed E-state index contributed by atoms with van der Waals surface area (Å²) in [6, 6.07) is 8.82. The van der Waals surface area contributed by atoms with E-state index in [1.54, 1.807) is 29.8 Å². The van der Waals surface area contributed by atoms with Gasteiger partial charge in [-0.15, -0.1) is 11.3 Å². The molecular weight excluding hydrogens is 444 g/mol. The van der Waals surface area contributed by atoms with Gasteiger partial charge in [-0.05, 0) is 56.7 Å². The molecule has 1 aliphatic rings. The maximum atomic E-state index is 13.7. The lowest BCUT2D eigenvalue weighted by atomic mass is 9.89. The second-order valence-corrected chi connectivity index (χ2v) is 10.4. The van der Waals surface area contributed by atoms with Crippen molar-refractivity contribution in [2.75, 3.05) is 6.54 Å². The van der Waals surface area contributed by atoms with E-state index < -0.39 is 17.2 Å². The molecule has 32 heavy (non-hydrogen) atoms. The number of aryl methyl sites for hydroxylation is 1. The molecule has 3 amide bonds. The summed E-state index contributed by atoms with van der Waals surface area (Å²) >= 11 is 2.76. The Morgan fingerprint density at radius 3 is 2.78 bits per heavy atom. The fraction of sp³-hybridized carbons (Fsp3) is 0.391. The summed E-state index contributed by atoms with van der Waals surface area (Å²) in [6.45, 7) is 6.14. The van der Waals surface area contributed by atoms with Crippen LogP contribution in [-0.4, -0.2) is 33.3 Å². The van der Waals surface area contributed by atoms with Crippen molar-refractivity contribution in [1.29, 1.82) is 0 Å². The van der Waals surface area contributed by atoms with Gasteiger partial charge in [0, 0.05) is 11.4 Å². The first-order valence-corrected chi connectivity index (χ1v) is 12.5. The lowest BCUT2D eigenvalue weighted by Crippen LogP contribution is -2.42. The van der Waals surface area contributed by atoms with Crippen molar-refractivity contribution >= 4 is 45.3 Å². The molecule has 0 radical (unpaired) electrons. The molecule has 1 aromatic carbocycles. The van der Waals surface area contributed by atoms with Crippen LogP contribution in [0.2, 0.25) is 0 Å². The van der Waals surface area contributed by atoms with E-state index in [4.69, 9.17) is 4.98 Å². The highest BCUT2D eigenvalue weighted by molar-refractivity contribution is 8.00. The highest BCUT2D eigenvalue weighted by atomic mass is 32.2. The molecule has 2 aromatic heterocycles. The van der Waals surface area contributed by atoms with Crippen LogP contribution < -0.4 is 16.2 Å². The molecule has 1 aliphatic carbocycles. The Balaban J connectivity index is 1.78. The highest BCUT2D eigenvalue weighted by Crippen LogP contribution is 2.37. The summed E-state index contributed by atoms with van der Waals surface area (Å²) in [5.74, 6) is 0.160. The van der Waals surface area contributed by atoms with Gasteiger partial charge < -0.3 is 5.32 Å². The first-order valence-electron chi connectivity index (χ1n) is 10.8. The highest BCUT2D eigenvalue weighted by Gasteiger charge is 2.27. The van der Waals surface area contributed by atoms with Crippen molar-refractivity contribution in [3.8, 4) is 5.69 Å². The van der Waals surface area contributed by atoms with Crippen LogP contribution in [0.25, 0.3) is 15.9 Å². The molecule has 0 saturated carbocycles. The Labute approximate surface area is 194 Å². The maximum absolute atomic E-state index is 13.7. The molecule has 0 spiro atoms. The number of thiophene rings is 1. The number of nitrogens with zero attached hydrogens (tertiary/aromatic N) is 2. The number of fused-ring (bicyclic) bond motifs is 3. The number of carbonyl (C=O) groups excluding carboxylic acids is 2. The number of hydrogen-bond donors (Lipinski definition) is 2. The second-order valence-electron chi connectivity index (χ2n) is 8.01. The van der Waals surface area contributed by atoms with Crippen LogP contribution in [0.4, 0.5) is 4.79 Å². The summed E-state index contributed by atoms with van der Waals surface area (Å²) in [6.07, 6.45) is 2.92. The van der Waals surface area contributed by atoms with E-state index in [1.165, 1.54) is 16.6 Å². The topological polar surface area (TPSA) is 93.1 Å². The SMILES string of the molecule is CCNC(=O)NC(=O)[C@H](C)Sc1nc2sc3c(c2c(=O)n1-c1ccccc1)CC[C@H](C)C3. The Hall–Kier alpha value is -2.65. The van der Waals surface area contributed by atoms with Crippen LogP contribution in [0.1, 0.15) is 37.6 Å². The molecule has 9 heteroatoms. The zero-order valence-electron chi connectivity index (χ0n) is 18.3. The van der Waals surface area contributed by atoms with Gasteiger partial charge in [0.15, 0.2) is 5.16 Å². The quantitative estimate of drug-likeness (QED) is 0.436. The Bertz CT molecular complexity index is 1220. The summed E-state index contributed by atoms with van der Waals surface area (Å²) in [4.78, 5) is 44.8. The number of imide groups is 1. The second kappa shape index (κ2) is 9.46. The molecule has 2 atom stereocenters. The van der Waals surface area contributed by atoms with Gasteiger partial charge in [0.25, 0.3) is 5.56 Å². The van der Waals surface area contributed by atoms with Crippen molar-refractivity contribution in [3.63, 3.8) is 0 Å². The number of carbonyl (C=O) groups is 2. The summed E-state index contributed by atoms with van der Waals surface area (Å²) in [5.41, 5.74) is 1.73. The molecule has 0 fully saturated rings. The van der Waals surface area contributed by atoms with Crippen LogP contribution in [-0.2, 0) is 17.6 Å². The largest absolute Gasteiger partial charge is 0.338 e. The predicted molar refractivity (Wildman–Crippen MR) is 129 cm³/mol. The van der Waals surface area contributed by atoms with Crippen LogP contribution in [0.15, 0.2) is 40.3 Å². The average Bonchev–Trinajstić information content (AvgIpc) is 3.12. The van der Waals surface area contributed by atoms with Gasteiger partial charge in [-0.1, -0.05) is 36.9 Å². The van der Waals surface area contributed by atoms with E-state index in [0.29, 0.717) is 28.7 Å². The molecule has 2 N–H and O–H groups in total. The van der Waals surface area contributed by atoms with Crippen molar-refractivity contribution < 1.29 is 9.59 Å². The average molecular weight is 471 g/mol. The number of hydrogen-bond acceptors (Lipinski definition) is 6. The molecule has 4 rings (SSSR count). The van der Waals surface area contributed by atoms with E-state index in [0.717, 1.165) is 29.7 Å². The number of nitrogens with one attached hydrogen (secondary N) is 2. The van der Waals surface area contributed by atoms with Gasteiger partial charge >= 0.3 is 6.03 Å². The number of benzene rings is 1. The minimum Gasteiger partial charge on any atom is -0.338 e. The third-order valence-corrected chi connectivity index (χ3v) is 7.74. The van der Waals surface area contributed by atoms with Crippen LogP contribution >= 0.6 is 23.1 Å². The molecule has 3 aromatic rings. The van der Waals surface area contributed by atoms with Gasteiger partial charge in [0.2, 0.25) is 5.91 Å². The fourth-order valence-corrected chi connectivity index (χ4v) is 6.24. The van der Waals surface area contributed by atoms with Crippen molar-refractivity contribution in [2.45, 2.75) is 50.4 Å². The summed E-state index contributed by atoms with van der Waals surface area (Å²) < 4.78 is 1.59. The van der Waals surface area contributed by atoms with E-state index >= 15 is 0 Å². The van der Waals surface area contributed by atoms with E-state index in [-0.39, 0.29) is 5.56 Å². The monoisotopic (exact) mass is 470 g/mol. The molecular formula is C23H26N4O3S2. The number of rotatable bonds is 5. The molecule has 0 aliphatic heterocycles. The van der Waals surface area contributed by atoms with Crippen molar-refractivity contribution in [1.82, 2.24) is 20.2 Å². The van der Waals surface area contributed by atoms with Crippen LogP contribution in [0, 0.1) is 5.92 Å². The third kappa shape index (κ3) is 4.45. The van der Waals surface area contributed by atoms with Gasteiger partial charge in [0.05, 0.1) is 16.3 Å². The smallest absolute Gasteiger partial charge is 0.321 e. The predicted octanol–water partition coefficient (Wildman–Crippen LogP) is 3.90. The third-order valence-electron chi connectivity index (χ3n) is 5.54. The molecule has 168 valence electrons. The van der Waals surface area contributed by atoms with Crippen molar-refractivity contribution in [2.24, 2.45) is 5.92 Å². The molecule has 7 nitrogen and oxygen atoms in total. The van der Waals surface area contributed by atoms with Gasteiger partial charge in [0.1, 0.15) is 4.83 Å². The standard InChI is InChI=1S/C23H26N4O3S2/c1-4-24-22(30)25-19(28)14(3)31-23-26-20-18(16-11-10-13(2)12-17(16)32-20)21(29)27(23)15-8-6-5-7-9-15/h5-9,13-14H,4,10-12H2,1-3H3,(H2,24,25,28,30)/t13-,14-/m0/s1.